The van der Waals surface area contributed by atoms with Gasteiger partial charge in [-0.05, 0) is 43.6 Å². The summed E-state index contributed by atoms with van der Waals surface area (Å²) in [6, 6.07) is 8.18. The van der Waals surface area contributed by atoms with Crippen molar-refractivity contribution in [2.75, 3.05) is 26.3 Å². The number of carbonyl (C=O) groups is 1. The summed E-state index contributed by atoms with van der Waals surface area (Å²) in [6.07, 6.45) is 2.25. The van der Waals surface area contributed by atoms with Gasteiger partial charge < -0.3 is 19.9 Å². The van der Waals surface area contributed by atoms with E-state index < -0.39 is 0 Å². The third-order valence-electron chi connectivity index (χ3n) is 5.18. The SMILES string of the molecule is CC1=C(C(=O)N2CCOCC2)C(c2ccccc2Br)NC(=S)N1C1CC1. The Kier molecular flexibility index (Phi) is 5.03. The van der Waals surface area contributed by atoms with Gasteiger partial charge >= 0.3 is 0 Å². The zero-order chi connectivity index (χ0) is 18.3. The number of nitrogens with one attached hydrogen (secondary N) is 1. The monoisotopic (exact) mass is 435 g/mol. The molecule has 5 nitrogen and oxygen atoms in total. The van der Waals surface area contributed by atoms with E-state index in [1.165, 1.54) is 0 Å². The van der Waals surface area contributed by atoms with Crippen LogP contribution in [0.5, 0.6) is 0 Å². The minimum atomic E-state index is -0.247. The molecule has 0 aromatic heterocycles. The highest BCUT2D eigenvalue weighted by Crippen LogP contribution is 2.39. The van der Waals surface area contributed by atoms with Crippen LogP contribution in [0.15, 0.2) is 40.0 Å². The number of rotatable bonds is 3. The number of carbonyl (C=O) groups excluding carboxylic acids is 1. The highest BCUT2D eigenvalue weighted by atomic mass is 79.9. The Bertz CT molecular complexity index is 772. The minimum absolute atomic E-state index is 0.0761. The van der Waals surface area contributed by atoms with Crippen LogP contribution in [0.1, 0.15) is 31.4 Å². The lowest BCUT2D eigenvalue weighted by Crippen LogP contribution is -2.51. The smallest absolute Gasteiger partial charge is 0.254 e. The van der Waals surface area contributed by atoms with Gasteiger partial charge in [0.05, 0.1) is 24.8 Å². The Labute approximate surface area is 167 Å². The van der Waals surface area contributed by atoms with Crippen LogP contribution < -0.4 is 5.32 Å². The van der Waals surface area contributed by atoms with Crippen molar-refractivity contribution in [1.82, 2.24) is 15.1 Å². The second-order valence-electron chi connectivity index (χ2n) is 6.91. The summed E-state index contributed by atoms with van der Waals surface area (Å²) in [5, 5.41) is 4.15. The molecule has 1 aliphatic carbocycles. The van der Waals surface area contributed by atoms with Crippen LogP contribution in [0.25, 0.3) is 0 Å². The van der Waals surface area contributed by atoms with Crippen LogP contribution in [0.3, 0.4) is 0 Å². The normalized spacial score (nSPS) is 23.9. The van der Waals surface area contributed by atoms with Crippen molar-refractivity contribution in [3.63, 3.8) is 0 Å². The number of allylic oxidation sites excluding steroid dienone is 1. The van der Waals surface area contributed by atoms with Gasteiger partial charge in [0, 0.05) is 29.3 Å². The summed E-state index contributed by atoms with van der Waals surface area (Å²) in [4.78, 5) is 17.5. The van der Waals surface area contributed by atoms with E-state index in [4.69, 9.17) is 17.0 Å². The summed E-state index contributed by atoms with van der Waals surface area (Å²) in [6.45, 7) is 4.48. The van der Waals surface area contributed by atoms with Gasteiger partial charge in [0.2, 0.25) is 0 Å². The van der Waals surface area contributed by atoms with Gasteiger partial charge in [-0.25, -0.2) is 0 Å². The molecule has 2 aliphatic heterocycles. The van der Waals surface area contributed by atoms with Crippen molar-refractivity contribution < 1.29 is 9.53 Å². The maximum Gasteiger partial charge on any atom is 0.254 e. The predicted molar refractivity (Wildman–Crippen MR) is 108 cm³/mol. The number of thiocarbonyl (C=S) groups is 1. The van der Waals surface area contributed by atoms with Crippen LogP contribution >= 0.6 is 28.1 Å². The highest BCUT2D eigenvalue weighted by Gasteiger charge is 2.41. The van der Waals surface area contributed by atoms with E-state index in [0.29, 0.717) is 37.5 Å². The fourth-order valence-electron chi connectivity index (χ4n) is 3.69. The van der Waals surface area contributed by atoms with Crippen molar-refractivity contribution in [3.05, 3.63) is 45.6 Å². The molecule has 1 saturated heterocycles. The van der Waals surface area contributed by atoms with E-state index in [9.17, 15) is 4.79 Å². The Morgan fingerprint density at radius 2 is 1.96 bits per heavy atom. The molecule has 0 spiro atoms. The zero-order valence-corrected chi connectivity index (χ0v) is 17.1. The molecule has 7 heteroatoms. The molecule has 1 N–H and O–H groups in total. The highest BCUT2D eigenvalue weighted by molar-refractivity contribution is 9.10. The van der Waals surface area contributed by atoms with Gasteiger partial charge in [0.15, 0.2) is 5.11 Å². The number of hydrogen-bond donors (Lipinski definition) is 1. The largest absolute Gasteiger partial charge is 0.378 e. The molecular formula is C19H22BrN3O2S. The van der Waals surface area contributed by atoms with Crippen molar-refractivity contribution in [2.24, 2.45) is 0 Å². The summed E-state index contributed by atoms with van der Waals surface area (Å²) in [5.74, 6) is 0.0761. The number of morpholine rings is 1. The minimum Gasteiger partial charge on any atom is -0.378 e. The molecule has 138 valence electrons. The maximum absolute atomic E-state index is 13.4. The first kappa shape index (κ1) is 17.9. The Morgan fingerprint density at radius 3 is 2.62 bits per heavy atom. The molecule has 1 aromatic rings. The lowest BCUT2D eigenvalue weighted by atomic mass is 9.93. The number of hydrogen-bond acceptors (Lipinski definition) is 3. The molecule has 3 aliphatic rings. The second-order valence-corrected chi connectivity index (χ2v) is 8.15. The molecule has 1 aromatic carbocycles. The molecule has 1 saturated carbocycles. The van der Waals surface area contributed by atoms with Gasteiger partial charge in [-0.2, -0.15) is 0 Å². The molecule has 0 bridgehead atoms. The fraction of sp³-hybridized carbons (Fsp3) is 0.474. The Morgan fingerprint density at radius 1 is 1.27 bits per heavy atom. The van der Waals surface area contributed by atoms with E-state index in [2.05, 4.69) is 26.1 Å². The molecule has 4 rings (SSSR count). The standard InChI is InChI=1S/C19H22BrN3O2S/c1-12-16(18(24)22-8-10-25-11-9-22)17(14-4-2-3-5-15(14)20)21-19(26)23(12)13-6-7-13/h2-5,13,17H,6-11H2,1H3,(H,21,26). The van der Waals surface area contributed by atoms with Crippen LogP contribution in [0.4, 0.5) is 0 Å². The molecule has 26 heavy (non-hydrogen) atoms. The predicted octanol–water partition coefficient (Wildman–Crippen LogP) is 2.98. The van der Waals surface area contributed by atoms with Gasteiger partial charge in [0.25, 0.3) is 5.91 Å². The molecule has 1 amide bonds. The molecule has 2 heterocycles. The fourth-order valence-corrected chi connectivity index (χ4v) is 4.60. The second kappa shape index (κ2) is 7.29. The number of halogens is 1. The average Bonchev–Trinajstić information content (AvgIpc) is 3.47. The van der Waals surface area contributed by atoms with Crippen LogP contribution in [0.2, 0.25) is 0 Å². The number of amides is 1. The Hall–Kier alpha value is -1.44. The third-order valence-corrected chi connectivity index (χ3v) is 6.22. The van der Waals surface area contributed by atoms with Gasteiger partial charge in [0.1, 0.15) is 0 Å². The topological polar surface area (TPSA) is 44.8 Å². The number of ether oxygens (including phenoxy) is 1. The average molecular weight is 436 g/mol. The summed E-state index contributed by atoms with van der Waals surface area (Å²) in [5.41, 5.74) is 2.80. The summed E-state index contributed by atoms with van der Waals surface area (Å²) < 4.78 is 6.39. The molecule has 0 radical (unpaired) electrons. The first-order valence-corrected chi connectivity index (χ1v) is 10.2. The molecule has 2 fully saturated rings. The van der Waals surface area contributed by atoms with Crippen LogP contribution in [0, 0.1) is 0 Å². The number of benzene rings is 1. The van der Waals surface area contributed by atoms with Gasteiger partial charge in [-0.1, -0.05) is 34.1 Å². The van der Waals surface area contributed by atoms with E-state index in [1.54, 1.807) is 0 Å². The third kappa shape index (κ3) is 3.28. The zero-order valence-electron chi connectivity index (χ0n) is 14.7. The molecule has 1 atom stereocenters. The number of nitrogens with zero attached hydrogens (tertiary/aromatic N) is 2. The van der Waals surface area contributed by atoms with E-state index in [0.717, 1.165) is 34.1 Å². The van der Waals surface area contributed by atoms with Gasteiger partial charge in [-0.15, -0.1) is 0 Å². The summed E-state index contributed by atoms with van der Waals surface area (Å²) in [7, 11) is 0. The van der Waals surface area contributed by atoms with E-state index in [-0.39, 0.29) is 11.9 Å². The van der Waals surface area contributed by atoms with Crippen LogP contribution in [-0.2, 0) is 9.53 Å². The Balaban J connectivity index is 1.77. The van der Waals surface area contributed by atoms with E-state index in [1.807, 2.05) is 36.1 Å². The van der Waals surface area contributed by atoms with Gasteiger partial charge in [-0.3, -0.25) is 4.79 Å². The lowest BCUT2D eigenvalue weighted by Gasteiger charge is -2.40. The van der Waals surface area contributed by atoms with Crippen molar-refractivity contribution in [3.8, 4) is 0 Å². The van der Waals surface area contributed by atoms with E-state index >= 15 is 0 Å². The van der Waals surface area contributed by atoms with Crippen LogP contribution in [-0.4, -0.2) is 53.2 Å². The quantitative estimate of drug-likeness (QED) is 0.739. The van der Waals surface area contributed by atoms with Crippen molar-refractivity contribution in [2.45, 2.75) is 31.8 Å². The van der Waals surface area contributed by atoms with Crippen molar-refractivity contribution in [1.29, 1.82) is 0 Å². The molecule has 1 unspecified atom stereocenters. The lowest BCUT2D eigenvalue weighted by molar-refractivity contribution is -0.131. The molecular weight excluding hydrogens is 414 g/mol. The first-order chi connectivity index (χ1) is 12.6. The summed E-state index contributed by atoms with van der Waals surface area (Å²) >= 11 is 9.29. The maximum atomic E-state index is 13.4. The van der Waals surface area contributed by atoms with Crippen molar-refractivity contribution >= 4 is 39.2 Å². The first-order valence-electron chi connectivity index (χ1n) is 9.00.